The van der Waals surface area contributed by atoms with Gasteiger partial charge in [-0.3, -0.25) is 4.99 Å². The van der Waals surface area contributed by atoms with Crippen LogP contribution in [0.3, 0.4) is 0 Å². The summed E-state index contributed by atoms with van der Waals surface area (Å²) in [6.07, 6.45) is 10.9. The zero-order valence-corrected chi connectivity index (χ0v) is 24.4. The average molecular weight is 577 g/mol. The van der Waals surface area contributed by atoms with Gasteiger partial charge in [-0.2, -0.15) is 0 Å². The van der Waals surface area contributed by atoms with E-state index < -0.39 is 9.84 Å². The van der Waals surface area contributed by atoms with Gasteiger partial charge in [-0.25, -0.2) is 8.42 Å². The quantitative estimate of drug-likeness (QED) is 0.344. The topological polar surface area (TPSA) is 77.0 Å². The second-order valence-corrected chi connectivity index (χ2v) is 12.2. The summed E-state index contributed by atoms with van der Waals surface area (Å²) in [5.41, 5.74) is 4.47. The number of nitrogens with one attached hydrogen (secondary N) is 1. The van der Waals surface area contributed by atoms with Gasteiger partial charge in [0, 0.05) is 18.5 Å². The number of sulfone groups is 1. The summed E-state index contributed by atoms with van der Waals surface area (Å²) in [6, 6.07) is 25.2. The van der Waals surface area contributed by atoms with Gasteiger partial charge in [0.2, 0.25) is 9.84 Å². The maximum absolute atomic E-state index is 13.6. The van der Waals surface area contributed by atoms with Crippen molar-refractivity contribution in [2.24, 2.45) is 4.99 Å². The number of benzene rings is 4. The van der Waals surface area contributed by atoms with E-state index in [2.05, 4.69) is 46.7 Å². The molecule has 0 radical (unpaired) electrons. The van der Waals surface area contributed by atoms with Gasteiger partial charge in [-0.1, -0.05) is 54.6 Å². The summed E-state index contributed by atoms with van der Waals surface area (Å²) in [7, 11) is -0.599. The summed E-state index contributed by atoms with van der Waals surface area (Å²) in [5, 5.41) is 7.68. The molecule has 0 spiro atoms. The molecule has 0 amide bonds. The first-order chi connectivity index (χ1) is 20.5. The molecule has 0 bridgehead atoms. The minimum Gasteiger partial charge on any atom is -0.493 e. The number of para-hydroxylation sites is 2. The van der Waals surface area contributed by atoms with Crippen LogP contribution >= 0.6 is 0 Å². The van der Waals surface area contributed by atoms with Crippen LogP contribution in [0.2, 0.25) is 0 Å². The SMILES string of the molecule is C1=CNc2ccccc2N=C1.COc1ccc(S(=O)(=O)C2=c3ccc4c(c3CCC2)CC=c2ccccc2=4)cc1OC. The molecule has 0 saturated carbocycles. The Morgan fingerprint density at radius 3 is 2.43 bits per heavy atom. The number of rotatable bonds is 4. The Morgan fingerprint density at radius 1 is 0.786 bits per heavy atom. The Bertz CT molecular complexity index is 2060. The first kappa shape index (κ1) is 27.5. The Hall–Kier alpha value is -4.62. The first-order valence-corrected chi connectivity index (χ1v) is 15.4. The van der Waals surface area contributed by atoms with Crippen LogP contribution in [0.1, 0.15) is 24.0 Å². The summed E-state index contributed by atoms with van der Waals surface area (Å²) in [4.78, 5) is 4.95. The minimum absolute atomic E-state index is 0.239. The van der Waals surface area contributed by atoms with Crippen LogP contribution < -0.4 is 25.2 Å². The fourth-order valence-corrected chi connectivity index (χ4v) is 7.52. The van der Waals surface area contributed by atoms with Crippen molar-refractivity contribution < 1.29 is 17.9 Å². The van der Waals surface area contributed by atoms with Crippen molar-refractivity contribution >= 4 is 38.4 Å². The van der Waals surface area contributed by atoms with Crippen LogP contribution in [0.5, 0.6) is 11.5 Å². The number of aliphatic imine (C=N–C) groups is 1. The van der Waals surface area contributed by atoms with Crippen LogP contribution in [0.25, 0.3) is 11.0 Å². The maximum atomic E-state index is 13.6. The Balaban J connectivity index is 0.000000240. The molecule has 0 aromatic heterocycles. The van der Waals surface area contributed by atoms with Gasteiger partial charge in [-0.15, -0.1) is 0 Å². The summed E-state index contributed by atoms with van der Waals surface area (Å²) in [5.74, 6) is 0.927. The normalized spacial score (nSPS) is 14.4. The number of hydrogen-bond acceptors (Lipinski definition) is 6. The number of anilines is 1. The standard InChI is InChI=1S/C26H24O4S.C9H8N2/c1-29-24-15-11-18(16-25(24)30-2)31(27,28)26-9-5-8-20-22-12-10-17-6-3-4-7-19(17)21(22)13-14-23(20)26;1-2-5-9-8(4-1)10-6-3-7-11-9/h3-4,6-7,10-11,13-16H,5,8-9,12H2,1-2H3;1-7,10H. The highest BCUT2D eigenvalue weighted by atomic mass is 32.2. The first-order valence-electron chi connectivity index (χ1n) is 14.0. The molecule has 0 fully saturated rings. The van der Waals surface area contributed by atoms with Crippen molar-refractivity contribution in [1.82, 2.24) is 0 Å². The number of hydrogen-bond donors (Lipinski definition) is 1. The van der Waals surface area contributed by atoms with Crippen LogP contribution in [-0.4, -0.2) is 28.9 Å². The van der Waals surface area contributed by atoms with Crippen molar-refractivity contribution in [2.75, 3.05) is 19.5 Å². The lowest BCUT2D eigenvalue weighted by atomic mass is 9.89. The van der Waals surface area contributed by atoms with E-state index in [4.69, 9.17) is 9.47 Å². The largest absolute Gasteiger partial charge is 0.493 e. The molecular formula is C35H32N2O4S. The van der Waals surface area contributed by atoms with Gasteiger partial charge >= 0.3 is 0 Å². The van der Waals surface area contributed by atoms with Crippen molar-refractivity contribution in [1.29, 1.82) is 0 Å². The predicted octanol–water partition coefficient (Wildman–Crippen LogP) is 5.57. The van der Waals surface area contributed by atoms with E-state index in [9.17, 15) is 8.42 Å². The molecule has 1 aliphatic heterocycles. The van der Waals surface area contributed by atoms with Crippen LogP contribution in [0.4, 0.5) is 11.4 Å². The average Bonchev–Trinajstić information content (AvgIpc) is 3.30. The smallest absolute Gasteiger partial charge is 0.203 e. The lowest BCUT2D eigenvalue weighted by molar-refractivity contribution is 0.354. The molecule has 0 atom stereocenters. The Labute approximate surface area is 245 Å². The van der Waals surface area contributed by atoms with Crippen LogP contribution in [0, 0.1) is 10.4 Å². The van der Waals surface area contributed by atoms with Gasteiger partial charge in [0.05, 0.1) is 35.4 Å². The molecule has 3 aliphatic rings. The van der Waals surface area contributed by atoms with Crippen LogP contribution in [-0.2, 0) is 22.7 Å². The van der Waals surface area contributed by atoms with Crippen molar-refractivity contribution in [3.63, 3.8) is 0 Å². The summed E-state index contributed by atoms with van der Waals surface area (Å²) in [6.45, 7) is 0. The van der Waals surface area contributed by atoms with Crippen molar-refractivity contribution in [3.8, 4) is 11.5 Å². The highest BCUT2D eigenvalue weighted by molar-refractivity contribution is 8.00. The zero-order valence-electron chi connectivity index (χ0n) is 23.6. The maximum Gasteiger partial charge on any atom is 0.203 e. The fourth-order valence-electron chi connectivity index (χ4n) is 5.84. The number of ether oxygens (including phenoxy) is 2. The van der Waals surface area contributed by atoms with E-state index in [0.29, 0.717) is 22.8 Å². The van der Waals surface area contributed by atoms with E-state index in [-0.39, 0.29) is 4.90 Å². The number of methoxy groups -OCH3 is 2. The third-order valence-corrected chi connectivity index (χ3v) is 9.82. The van der Waals surface area contributed by atoms with Crippen molar-refractivity contribution in [2.45, 2.75) is 30.6 Å². The lowest BCUT2D eigenvalue weighted by Crippen LogP contribution is -2.26. The van der Waals surface area contributed by atoms with E-state index in [1.165, 1.54) is 41.0 Å². The highest BCUT2D eigenvalue weighted by Crippen LogP contribution is 2.34. The Morgan fingerprint density at radius 2 is 1.57 bits per heavy atom. The fraction of sp³-hybridized carbons (Fsp3) is 0.171. The van der Waals surface area contributed by atoms with E-state index in [1.54, 1.807) is 24.4 Å². The third-order valence-electron chi connectivity index (χ3n) is 7.87. The molecule has 1 heterocycles. The molecule has 4 aromatic carbocycles. The van der Waals surface area contributed by atoms with E-state index >= 15 is 0 Å². The van der Waals surface area contributed by atoms with Crippen LogP contribution in [0.15, 0.2) is 101 Å². The Kier molecular flexibility index (Phi) is 7.68. The molecular weight excluding hydrogens is 544 g/mol. The molecule has 4 aromatic rings. The minimum atomic E-state index is -3.65. The van der Waals surface area contributed by atoms with Gasteiger partial charge in [0.25, 0.3) is 0 Å². The molecule has 0 saturated heterocycles. The molecule has 7 rings (SSSR count). The monoisotopic (exact) mass is 576 g/mol. The molecule has 7 heteroatoms. The highest BCUT2D eigenvalue weighted by Gasteiger charge is 2.27. The lowest BCUT2D eigenvalue weighted by Gasteiger charge is -2.21. The number of nitrogens with zero attached hydrogens (tertiary/aromatic N) is 1. The van der Waals surface area contributed by atoms with E-state index in [0.717, 1.165) is 35.9 Å². The van der Waals surface area contributed by atoms with Gasteiger partial charge < -0.3 is 14.8 Å². The van der Waals surface area contributed by atoms with Gasteiger partial charge in [0.15, 0.2) is 11.5 Å². The number of allylic oxidation sites excluding steroid dienone is 1. The van der Waals surface area contributed by atoms with Gasteiger partial charge in [0.1, 0.15) is 0 Å². The third kappa shape index (κ3) is 5.12. The molecule has 0 unspecified atom stereocenters. The molecule has 6 nitrogen and oxygen atoms in total. The summed E-state index contributed by atoms with van der Waals surface area (Å²) >= 11 is 0. The zero-order chi connectivity index (χ0) is 29.1. The number of fused-ring (bicyclic) bond motifs is 5. The molecule has 212 valence electrons. The van der Waals surface area contributed by atoms with E-state index in [1.807, 2.05) is 42.6 Å². The second kappa shape index (κ2) is 11.7. The summed E-state index contributed by atoms with van der Waals surface area (Å²) < 4.78 is 37.9. The predicted molar refractivity (Wildman–Crippen MR) is 168 cm³/mol. The second-order valence-electron chi connectivity index (χ2n) is 10.2. The van der Waals surface area contributed by atoms with Crippen molar-refractivity contribution in [3.05, 3.63) is 123 Å². The molecule has 2 aliphatic carbocycles. The molecule has 1 N–H and O–H groups in total. The van der Waals surface area contributed by atoms with Gasteiger partial charge in [-0.05, 0) is 88.0 Å². The molecule has 42 heavy (non-hydrogen) atoms.